The summed E-state index contributed by atoms with van der Waals surface area (Å²) in [5, 5.41) is 8.72. The van der Waals surface area contributed by atoms with E-state index in [0.29, 0.717) is 0 Å². The molecule has 0 aliphatic carbocycles. The molecular formula is C11H10O2. The SMILES string of the molecule is CC#Cc1cc(C(=O)O)ccc1C. The molecule has 0 saturated heterocycles. The lowest BCUT2D eigenvalue weighted by molar-refractivity contribution is 0.0697. The van der Waals surface area contributed by atoms with Crippen LogP contribution in [-0.4, -0.2) is 11.1 Å². The van der Waals surface area contributed by atoms with Crippen molar-refractivity contribution < 1.29 is 9.90 Å². The fraction of sp³-hybridized carbons (Fsp3) is 0.182. The predicted molar refractivity (Wildman–Crippen MR) is 50.7 cm³/mol. The number of hydrogen-bond donors (Lipinski definition) is 1. The van der Waals surface area contributed by atoms with Gasteiger partial charge in [0, 0.05) is 5.56 Å². The molecule has 1 aromatic rings. The Morgan fingerprint density at radius 2 is 2.15 bits per heavy atom. The number of carboxylic acid groups (broad SMARTS) is 1. The Labute approximate surface area is 77.2 Å². The molecule has 0 aliphatic rings. The third-order valence-electron chi connectivity index (χ3n) is 1.74. The second-order valence-electron chi connectivity index (χ2n) is 2.71. The summed E-state index contributed by atoms with van der Waals surface area (Å²) in [6, 6.07) is 4.94. The molecular weight excluding hydrogens is 164 g/mol. The quantitative estimate of drug-likeness (QED) is 0.662. The van der Waals surface area contributed by atoms with Gasteiger partial charge in [-0.15, -0.1) is 5.92 Å². The van der Waals surface area contributed by atoms with Gasteiger partial charge in [0.25, 0.3) is 0 Å². The molecule has 0 bridgehead atoms. The van der Waals surface area contributed by atoms with Crippen LogP contribution in [0, 0.1) is 18.8 Å². The summed E-state index contributed by atoms with van der Waals surface area (Å²) in [6.07, 6.45) is 0. The zero-order chi connectivity index (χ0) is 9.84. The smallest absolute Gasteiger partial charge is 0.335 e. The molecule has 2 heteroatoms. The van der Waals surface area contributed by atoms with E-state index in [0.717, 1.165) is 11.1 Å². The van der Waals surface area contributed by atoms with Crippen molar-refractivity contribution in [3.8, 4) is 11.8 Å². The van der Waals surface area contributed by atoms with E-state index in [4.69, 9.17) is 5.11 Å². The van der Waals surface area contributed by atoms with Gasteiger partial charge >= 0.3 is 5.97 Å². The van der Waals surface area contributed by atoms with Crippen molar-refractivity contribution >= 4 is 5.97 Å². The Morgan fingerprint density at radius 1 is 1.46 bits per heavy atom. The van der Waals surface area contributed by atoms with Gasteiger partial charge in [0.15, 0.2) is 0 Å². The first-order valence-corrected chi connectivity index (χ1v) is 3.92. The number of rotatable bonds is 1. The molecule has 0 fully saturated rings. The molecule has 0 heterocycles. The highest BCUT2D eigenvalue weighted by Gasteiger charge is 2.03. The molecule has 0 amide bonds. The van der Waals surface area contributed by atoms with Crippen molar-refractivity contribution in [2.24, 2.45) is 0 Å². The van der Waals surface area contributed by atoms with E-state index in [9.17, 15) is 4.79 Å². The maximum absolute atomic E-state index is 10.6. The van der Waals surface area contributed by atoms with Crippen LogP contribution in [0.2, 0.25) is 0 Å². The molecule has 1 rings (SSSR count). The van der Waals surface area contributed by atoms with Gasteiger partial charge in [-0.1, -0.05) is 12.0 Å². The zero-order valence-electron chi connectivity index (χ0n) is 7.59. The van der Waals surface area contributed by atoms with Crippen LogP contribution in [0.5, 0.6) is 0 Å². The van der Waals surface area contributed by atoms with Crippen molar-refractivity contribution in [2.75, 3.05) is 0 Å². The van der Waals surface area contributed by atoms with Crippen LogP contribution in [0.4, 0.5) is 0 Å². The Balaban J connectivity index is 3.24. The maximum atomic E-state index is 10.6. The lowest BCUT2D eigenvalue weighted by Crippen LogP contribution is -1.97. The highest BCUT2D eigenvalue weighted by atomic mass is 16.4. The number of hydrogen-bond acceptors (Lipinski definition) is 1. The van der Waals surface area contributed by atoms with Crippen LogP contribution in [-0.2, 0) is 0 Å². The van der Waals surface area contributed by atoms with Gasteiger partial charge in [-0.25, -0.2) is 4.79 Å². The van der Waals surface area contributed by atoms with Gasteiger partial charge in [-0.3, -0.25) is 0 Å². The lowest BCUT2D eigenvalue weighted by Gasteiger charge is -1.99. The van der Waals surface area contributed by atoms with Crippen molar-refractivity contribution in [3.05, 3.63) is 34.9 Å². The summed E-state index contributed by atoms with van der Waals surface area (Å²) >= 11 is 0. The van der Waals surface area contributed by atoms with Crippen LogP contribution in [0.15, 0.2) is 18.2 Å². The summed E-state index contributed by atoms with van der Waals surface area (Å²) in [6.45, 7) is 3.64. The largest absolute Gasteiger partial charge is 0.478 e. The van der Waals surface area contributed by atoms with Crippen molar-refractivity contribution in [2.45, 2.75) is 13.8 Å². The molecule has 66 valence electrons. The first-order valence-electron chi connectivity index (χ1n) is 3.92. The summed E-state index contributed by atoms with van der Waals surface area (Å²) < 4.78 is 0. The Kier molecular flexibility index (Phi) is 2.71. The molecule has 0 atom stereocenters. The Bertz CT molecular complexity index is 394. The monoisotopic (exact) mass is 174 g/mol. The number of aromatic carboxylic acids is 1. The second-order valence-corrected chi connectivity index (χ2v) is 2.71. The van der Waals surface area contributed by atoms with E-state index in [-0.39, 0.29) is 5.56 Å². The fourth-order valence-electron chi connectivity index (χ4n) is 1.02. The molecule has 0 radical (unpaired) electrons. The number of carbonyl (C=O) groups is 1. The number of carboxylic acids is 1. The summed E-state index contributed by atoms with van der Waals surface area (Å²) in [7, 11) is 0. The van der Waals surface area contributed by atoms with Gasteiger partial charge < -0.3 is 5.11 Å². The molecule has 0 unspecified atom stereocenters. The summed E-state index contributed by atoms with van der Waals surface area (Å²) in [5.74, 6) is 4.69. The van der Waals surface area contributed by atoms with Crippen molar-refractivity contribution in [1.29, 1.82) is 0 Å². The predicted octanol–water partition coefficient (Wildman–Crippen LogP) is 2.06. The Morgan fingerprint density at radius 3 is 2.69 bits per heavy atom. The third-order valence-corrected chi connectivity index (χ3v) is 1.74. The van der Waals surface area contributed by atoms with E-state index in [1.165, 1.54) is 0 Å². The average molecular weight is 174 g/mol. The van der Waals surface area contributed by atoms with Crippen molar-refractivity contribution in [3.63, 3.8) is 0 Å². The summed E-state index contributed by atoms with van der Waals surface area (Å²) in [4.78, 5) is 10.6. The van der Waals surface area contributed by atoms with Crippen LogP contribution < -0.4 is 0 Å². The van der Waals surface area contributed by atoms with E-state index >= 15 is 0 Å². The second kappa shape index (κ2) is 3.77. The highest BCUT2D eigenvalue weighted by molar-refractivity contribution is 5.88. The number of benzene rings is 1. The van der Waals surface area contributed by atoms with Gasteiger partial charge in [0.05, 0.1) is 5.56 Å². The molecule has 0 aliphatic heterocycles. The van der Waals surface area contributed by atoms with Crippen molar-refractivity contribution in [1.82, 2.24) is 0 Å². The summed E-state index contributed by atoms with van der Waals surface area (Å²) in [5.41, 5.74) is 2.06. The van der Waals surface area contributed by atoms with Gasteiger partial charge in [-0.05, 0) is 31.5 Å². The van der Waals surface area contributed by atoms with Crippen LogP contribution in [0.25, 0.3) is 0 Å². The first-order chi connectivity index (χ1) is 6.15. The normalized spacial score (nSPS) is 8.77. The highest BCUT2D eigenvalue weighted by Crippen LogP contribution is 2.09. The first kappa shape index (κ1) is 9.34. The molecule has 0 saturated carbocycles. The average Bonchev–Trinajstić information content (AvgIpc) is 2.08. The minimum Gasteiger partial charge on any atom is -0.478 e. The van der Waals surface area contributed by atoms with Gasteiger partial charge in [0.2, 0.25) is 0 Å². The third kappa shape index (κ3) is 2.09. The van der Waals surface area contributed by atoms with Gasteiger partial charge in [0.1, 0.15) is 0 Å². The number of aryl methyl sites for hydroxylation is 1. The standard InChI is InChI=1S/C11H10O2/c1-3-4-9-7-10(11(12)13)6-5-8(9)2/h5-7H,1-2H3,(H,12,13). The fourth-order valence-corrected chi connectivity index (χ4v) is 1.02. The lowest BCUT2D eigenvalue weighted by atomic mass is 10.1. The van der Waals surface area contributed by atoms with Crippen LogP contribution in [0.1, 0.15) is 28.4 Å². The zero-order valence-corrected chi connectivity index (χ0v) is 7.59. The molecule has 13 heavy (non-hydrogen) atoms. The van der Waals surface area contributed by atoms with E-state index in [1.54, 1.807) is 25.1 Å². The van der Waals surface area contributed by atoms with E-state index in [2.05, 4.69) is 11.8 Å². The molecule has 1 aromatic carbocycles. The topological polar surface area (TPSA) is 37.3 Å². The maximum Gasteiger partial charge on any atom is 0.335 e. The van der Waals surface area contributed by atoms with E-state index in [1.807, 2.05) is 6.92 Å². The minimum absolute atomic E-state index is 0.281. The molecule has 0 spiro atoms. The Hall–Kier alpha value is -1.75. The van der Waals surface area contributed by atoms with Crippen LogP contribution >= 0.6 is 0 Å². The van der Waals surface area contributed by atoms with E-state index < -0.39 is 5.97 Å². The minimum atomic E-state index is -0.917. The molecule has 1 N–H and O–H groups in total. The molecule has 0 aromatic heterocycles. The van der Waals surface area contributed by atoms with Crippen LogP contribution in [0.3, 0.4) is 0 Å². The van der Waals surface area contributed by atoms with Gasteiger partial charge in [-0.2, -0.15) is 0 Å². The molecule has 2 nitrogen and oxygen atoms in total.